The molecule has 1 heterocycles. The smallest absolute Gasteiger partial charge is 0.237 e. The summed E-state index contributed by atoms with van der Waals surface area (Å²) in [6, 6.07) is 0. The molecule has 2 amide bonds. The van der Waals surface area contributed by atoms with Crippen LogP contribution in [0.4, 0.5) is 0 Å². The van der Waals surface area contributed by atoms with E-state index in [1.807, 2.05) is 20.8 Å². The molecule has 0 bridgehead atoms. The molecule has 1 aliphatic heterocycles. The fourth-order valence-corrected chi connectivity index (χ4v) is 1.96. The molecule has 0 unspecified atom stereocenters. The third kappa shape index (κ3) is 1.82. The lowest BCUT2D eigenvalue weighted by Crippen LogP contribution is -2.45. The van der Waals surface area contributed by atoms with Gasteiger partial charge >= 0.3 is 0 Å². The fraction of sp³-hybridized carbons (Fsp3) is 0.778. The maximum absolute atomic E-state index is 11.6. The Morgan fingerprint density at radius 1 is 1.69 bits per heavy atom. The van der Waals surface area contributed by atoms with Crippen molar-refractivity contribution < 1.29 is 9.59 Å². The van der Waals surface area contributed by atoms with E-state index in [9.17, 15) is 9.59 Å². The highest BCUT2D eigenvalue weighted by Gasteiger charge is 2.42. The molecule has 1 rings (SSSR count). The van der Waals surface area contributed by atoms with Crippen molar-refractivity contribution in [1.29, 1.82) is 0 Å². The first-order valence-electron chi connectivity index (χ1n) is 4.44. The van der Waals surface area contributed by atoms with Crippen LogP contribution >= 0.6 is 0 Å². The summed E-state index contributed by atoms with van der Waals surface area (Å²) < 4.78 is 0. The van der Waals surface area contributed by atoms with E-state index in [2.05, 4.69) is 0 Å². The van der Waals surface area contributed by atoms with E-state index in [1.54, 1.807) is 4.90 Å². The Bertz CT molecular complexity index is 248. The van der Waals surface area contributed by atoms with Gasteiger partial charge in [-0.2, -0.15) is 0 Å². The Balaban J connectivity index is 2.81. The van der Waals surface area contributed by atoms with Gasteiger partial charge in [-0.1, -0.05) is 6.92 Å². The van der Waals surface area contributed by atoms with E-state index in [4.69, 9.17) is 5.73 Å². The largest absolute Gasteiger partial charge is 0.368 e. The molecule has 13 heavy (non-hydrogen) atoms. The molecular weight excluding hydrogens is 168 g/mol. The molecule has 74 valence electrons. The summed E-state index contributed by atoms with van der Waals surface area (Å²) in [7, 11) is 0. The van der Waals surface area contributed by atoms with Crippen LogP contribution in [0, 0.1) is 5.92 Å². The van der Waals surface area contributed by atoms with E-state index < -0.39 is 5.91 Å². The average Bonchev–Trinajstić information content (AvgIpc) is 2.12. The number of likely N-dealkylation sites (tertiary alicyclic amines) is 1. The highest BCUT2D eigenvalue weighted by molar-refractivity contribution is 5.87. The first-order valence-corrected chi connectivity index (χ1v) is 4.44. The van der Waals surface area contributed by atoms with Gasteiger partial charge in [0.1, 0.15) is 0 Å². The summed E-state index contributed by atoms with van der Waals surface area (Å²) >= 11 is 0. The van der Waals surface area contributed by atoms with Gasteiger partial charge in [0.2, 0.25) is 11.8 Å². The van der Waals surface area contributed by atoms with Crippen LogP contribution in [-0.2, 0) is 9.59 Å². The third-order valence-corrected chi connectivity index (χ3v) is 2.54. The Labute approximate surface area is 78.1 Å². The van der Waals surface area contributed by atoms with Crippen LogP contribution < -0.4 is 5.73 Å². The van der Waals surface area contributed by atoms with Crippen LogP contribution in [0.2, 0.25) is 0 Å². The van der Waals surface area contributed by atoms with Crippen molar-refractivity contribution in [3.63, 3.8) is 0 Å². The van der Waals surface area contributed by atoms with Crippen molar-refractivity contribution in [3.8, 4) is 0 Å². The number of nitrogens with two attached hydrogens (primary N) is 1. The average molecular weight is 184 g/mol. The molecular formula is C9H16N2O2. The molecule has 0 aromatic heterocycles. The first kappa shape index (κ1) is 10.0. The van der Waals surface area contributed by atoms with Gasteiger partial charge in [-0.05, 0) is 20.3 Å². The lowest BCUT2D eigenvalue weighted by molar-refractivity contribution is -0.136. The number of rotatable bonds is 2. The molecule has 0 spiro atoms. The number of primary amides is 1. The zero-order chi connectivity index (χ0) is 10.2. The molecule has 0 radical (unpaired) electrons. The minimum atomic E-state index is -0.449. The van der Waals surface area contributed by atoms with Crippen molar-refractivity contribution in [2.75, 3.05) is 6.54 Å². The molecule has 0 aromatic carbocycles. The topological polar surface area (TPSA) is 63.4 Å². The monoisotopic (exact) mass is 184 g/mol. The summed E-state index contributed by atoms with van der Waals surface area (Å²) in [6.07, 6.45) is 0.791. The molecule has 4 heteroatoms. The van der Waals surface area contributed by atoms with Crippen LogP contribution in [-0.4, -0.2) is 28.8 Å². The van der Waals surface area contributed by atoms with E-state index in [0.29, 0.717) is 0 Å². The van der Waals surface area contributed by atoms with Crippen LogP contribution in [0.25, 0.3) is 0 Å². The minimum absolute atomic E-state index is 0.00866. The number of carbonyl (C=O) groups is 2. The second-order valence-electron chi connectivity index (χ2n) is 4.31. The predicted octanol–water partition coefficient (Wildman–Crippen LogP) is 0.119. The zero-order valence-electron chi connectivity index (χ0n) is 8.33. The SMILES string of the molecule is C[C@H]1CC(C)(C)N(CC(N)=O)C1=O. The second kappa shape index (κ2) is 3.01. The van der Waals surface area contributed by atoms with Crippen LogP contribution in [0.1, 0.15) is 27.2 Å². The van der Waals surface area contributed by atoms with Crippen molar-refractivity contribution in [2.45, 2.75) is 32.7 Å². The highest BCUT2D eigenvalue weighted by atomic mass is 16.2. The molecule has 0 aromatic rings. The third-order valence-electron chi connectivity index (χ3n) is 2.54. The first-order chi connectivity index (χ1) is 5.84. The van der Waals surface area contributed by atoms with Gasteiger partial charge in [-0.15, -0.1) is 0 Å². The zero-order valence-corrected chi connectivity index (χ0v) is 8.33. The van der Waals surface area contributed by atoms with Crippen LogP contribution in [0.5, 0.6) is 0 Å². The van der Waals surface area contributed by atoms with Gasteiger partial charge < -0.3 is 10.6 Å². The molecule has 1 atom stereocenters. The summed E-state index contributed by atoms with van der Waals surface area (Å²) in [5, 5.41) is 0. The van der Waals surface area contributed by atoms with Gasteiger partial charge in [-0.25, -0.2) is 0 Å². The normalized spacial score (nSPS) is 26.5. The van der Waals surface area contributed by atoms with E-state index in [1.165, 1.54) is 0 Å². The predicted molar refractivity (Wildman–Crippen MR) is 48.8 cm³/mol. The summed E-state index contributed by atoms with van der Waals surface area (Å²) in [5.41, 5.74) is 4.84. The van der Waals surface area contributed by atoms with E-state index >= 15 is 0 Å². The van der Waals surface area contributed by atoms with Gasteiger partial charge in [-0.3, -0.25) is 9.59 Å². The molecule has 0 saturated carbocycles. The van der Waals surface area contributed by atoms with Gasteiger partial charge in [0.15, 0.2) is 0 Å². The van der Waals surface area contributed by atoms with Gasteiger partial charge in [0.25, 0.3) is 0 Å². The van der Waals surface area contributed by atoms with Crippen molar-refractivity contribution in [1.82, 2.24) is 4.90 Å². The lowest BCUT2D eigenvalue weighted by Gasteiger charge is -2.30. The van der Waals surface area contributed by atoms with Crippen molar-refractivity contribution >= 4 is 11.8 Å². The maximum atomic E-state index is 11.6. The minimum Gasteiger partial charge on any atom is -0.368 e. The van der Waals surface area contributed by atoms with E-state index in [-0.39, 0.29) is 23.9 Å². The molecule has 2 N–H and O–H groups in total. The lowest BCUT2D eigenvalue weighted by atomic mass is 9.97. The van der Waals surface area contributed by atoms with Crippen LogP contribution in [0.15, 0.2) is 0 Å². The number of hydrogen-bond acceptors (Lipinski definition) is 2. The Morgan fingerprint density at radius 2 is 2.23 bits per heavy atom. The summed E-state index contributed by atoms with van der Waals surface area (Å²) in [4.78, 5) is 23.9. The highest BCUT2D eigenvalue weighted by Crippen LogP contribution is 2.32. The molecule has 1 saturated heterocycles. The van der Waals surface area contributed by atoms with Gasteiger partial charge in [0, 0.05) is 11.5 Å². The van der Waals surface area contributed by atoms with Crippen LogP contribution in [0.3, 0.4) is 0 Å². The standard InChI is InChI=1S/C9H16N2O2/c1-6-4-9(2,3)11(8(6)13)5-7(10)12/h6H,4-5H2,1-3H3,(H2,10,12)/t6-/m0/s1. The molecule has 0 aliphatic carbocycles. The number of nitrogens with zero attached hydrogens (tertiary/aromatic N) is 1. The molecule has 4 nitrogen and oxygen atoms in total. The number of amides is 2. The second-order valence-corrected chi connectivity index (χ2v) is 4.31. The number of carbonyl (C=O) groups excluding carboxylic acids is 2. The Morgan fingerprint density at radius 3 is 2.54 bits per heavy atom. The summed E-state index contributed by atoms with van der Waals surface area (Å²) in [5.74, 6) is -0.409. The van der Waals surface area contributed by atoms with Crippen molar-refractivity contribution in [3.05, 3.63) is 0 Å². The maximum Gasteiger partial charge on any atom is 0.237 e. The van der Waals surface area contributed by atoms with Crippen molar-refractivity contribution in [2.24, 2.45) is 11.7 Å². The molecule has 1 fully saturated rings. The molecule has 1 aliphatic rings. The summed E-state index contributed by atoms with van der Waals surface area (Å²) in [6.45, 7) is 5.83. The fourth-order valence-electron chi connectivity index (χ4n) is 1.96. The number of hydrogen-bond donors (Lipinski definition) is 1. The van der Waals surface area contributed by atoms with Gasteiger partial charge in [0.05, 0.1) is 6.54 Å². The van der Waals surface area contributed by atoms with E-state index in [0.717, 1.165) is 6.42 Å². The Hall–Kier alpha value is -1.06. The Kier molecular flexibility index (Phi) is 2.32. The quantitative estimate of drug-likeness (QED) is 0.662.